The van der Waals surface area contributed by atoms with Gasteiger partial charge in [-0.2, -0.15) is 0 Å². The minimum atomic E-state index is -0.524. The Morgan fingerprint density at radius 3 is 1.14 bits per heavy atom. The summed E-state index contributed by atoms with van der Waals surface area (Å²) in [5.41, 5.74) is 0.485. The van der Waals surface area contributed by atoms with Crippen molar-refractivity contribution in [2.45, 2.75) is 132 Å². The first-order chi connectivity index (χ1) is 16.7. The van der Waals surface area contributed by atoms with Gasteiger partial charge in [0.1, 0.15) is 0 Å². The monoisotopic (exact) mass is 514 g/mol. The molecule has 4 nitrogen and oxygen atoms in total. The molecule has 212 valence electrons. The molecule has 0 fully saturated rings. The molecule has 0 bridgehead atoms. The lowest BCUT2D eigenvalue weighted by Crippen LogP contribution is -2.33. The van der Waals surface area contributed by atoms with Crippen molar-refractivity contribution in [1.82, 2.24) is 14.7 Å². The molecule has 0 aliphatic rings. The van der Waals surface area contributed by atoms with E-state index in [4.69, 9.17) is 4.43 Å². The molecule has 0 aromatic carbocycles. The molecule has 0 amide bonds. The number of rotatable bonds is 24. The highest BCUT2D eigenvalue weighted by Gasteiger charge is 2.30. The smallest absolute Gasteiger partial charge is 0.162 e. The summed E-state index contributed by atoms with van der Waals surface area (Å²) in [6.07, 6.45) is 12.0. The van der Waals surface area contributed by atoms with Gasteiger partial charge in [0, 0.05) is 5.60 Å². The third-order valence-electron chi connectivity index (χ3n) is 7.67. The Bertz CT molecular complexity index is 419. The average molecular weight is 514 g/mol. The van der Waals surface area contributed by atoms with Gasteiger partial charge in [-0.3, -0.25) is 0 Å². The Morgan fingerprint density at radius 1 is 0.543 bits per heavy atom. The lowest BCUT2D eigenvalue weighted by atomic mass is 9.76. The topological polar surface area (TPSA) is 19.0 Å². The van der Waals surface area contributed by atoms with Gasteiger partial charge < -0.3 is 19.1 Å². The van der Waals surface area contributed by atoms with Crippen LogP contribution in [0.25, 0.3) is 0 Å². The summed E-state index contributed by atoms with van der Waals surface area (Å²) in [4.78, 5) is 7.98. The van der Waals surface area contributed by atoms with E-state index >= 15 is 0 Å². The third-order valence-corrected chi connectivity index (χ3v) is 10.0. The summed E-state index contributed by atoms with van der Waals surface area (Å²) in [7, 11) is -0.524. The molecule has 0 N–H and O–H groups in total. The molecule has 0 aliphatic carbocycles. The largest absolute Gasteiger partial charge is 0.419 e. The van der Waals surface area contributed by atoms with Crippen LogP contribution in [-0.4, -0.2) is 89.0 Å². The van der Waals surface area contributed by atoms with E-state index in [1.165, 1.54) is 123 Å². The average Bonchev–Trinajstić information content (AvgIpc) is 2.81. The second kappa shape index (κ2) is 21.0. The molecule has 0 saturated heterocycles. The van der Waals surface area contributed by atoms with Gasteiger partial charge in [0.25, 0.3) is 0 Å². The van der Waals surface area contributed by atoms with Crippen molar-refractivity contribution in [1.29, 1.82) is 0 Å². The highest BCUT2D eigenvalue weighted by molar-refractivity contribution is 6.27. The van der Waals surface area contributed by atoms with Gasteiger partial charge in [0.15, 0.2) is 9.76 Å². The van der Waals surface area contributed by atoms with Crippen LogP contribution in [0.2, 0.25) is 6.04 Å². The molecule has 0 spiro atoms. The lowest BCUT2D eigenvalue weighted by molar-refractivity contribution is 0.125. The van der Waals surface area contributed by atoms with Gasteiger partial charge in [0.05, 0.1) is 0 Å². The minimum absolute atomic E-state index is 0.0123. The van der Waals surface area contributed by atoms with Gasteiger partial charge >= 0.3 is 0 Å². The predicted octanol–water partition coefficient (Wildman–Crippen LogP) is 6.83. The summed E-state index contributed by atoms with van der Waals surface area (Å²) in [6, 6.07) is 1.35. The summed E-state index contributed by atoms with van der Waals surface area (Å²) in [5.74, 6) is 0. The minimum Gasteiger partial charge on any atom is -0.419 e. The first-order valence-corrected chi connectivity index (χ1v) is 17.1. The van der Waals surface area contributed by atoms with Crippen LogP contribution in [0.1, 0.15) is 120 Å². The molecule has 0 heterocycles. The molecule has 0 aromatic rings. The van der Waals surface area contributed by atoms with Gasteiger partial charge in [-0.1, -0.05) is 41.5 Å². The zero-order valence-electron chi connectivity index (χ0n) is 25.9. The van der Waals surface area contributed by atoms with Crippen molar-refractivity contribution in [3.05, 3.63) is 0 Å². The third kappa shape index (κ3) is 18.0. The van der Waals surface area contributed by atoms with Crippen LogP contribution >= 0.6 is 0 Å². The van der Waals surface area contributed by atoms with Crippen LogP contribution in [0.15, 0.2) is 0 Å². The molecule has 0 unspecified atom stereocenters. The van der Waals surface area contributed by atoms with Crippen LogP contribution in [-0.2, 0) is 4.43 Å². The van der Waals surface area contributed by atoms with Crippen molar-refractivity contribution >= 4 is 9.76 Å². The van der Waals surface area contributed by atoms with Gasteiger partial charge in [-0.05, 0) is 149 Å². The van der Waals surface area contributed by atoms with E-state index < -0.39 is 9.76 Å². The first-order valence-electron chi connectivity index (χ1n) is 15.5. The van der Waals surface area contributed by atoms with E-state index in [1.807, 2.05) is 0 Å². The highest BCUT2D eigenvalue weighted by Crippen LogP contribution is 2.40. The van der Waals surface area contributed by atoms with Crippen molar-refractivity contribution in [3.8, 4) is 0 Å². The summed E-state index contributed by atoms with van der Waals surface area (Å²) < 4.78 is 6.45. The van der Waals surface area contributed by atoms with Crippen molar-refractivity contribution in [2.75, 3.05) is 58.9 Å². The van der Waals surface area contributed by atoms with Crippen LogP contribution in [0.5, 0.6) is 0 Å². The summed E-state index contributed by atoms with van der Waals surface area (Å²) in [6.45, 7) is 31.7. The quantitative estimate of drug-likeness (QED) is 0.132. The van der Waals surface area contributed by atoms with Gasteiger partial charge in [0.2, 0.25) is 0 Å². The second-order valence-electron chi connectivity index (χ2n) is 11.8. The van der Waals surface area contributed by atoms with Crippen molar-refractivity contribution in [2.24, 2.45) is 5.41 Å². The molecule has 5 heteroatoms. The van der Waals surface area contributed by atoms with Crippen LogP contribution in [0, 0.1) is 5.41 Å². The standard InChI is InChI=1S/C30H67N3OSi/c1-10-22-31(13-4)25-16-19-30(28-35-34-29(7,8)9,20-17-26-32(14-5)23-11-2)21-18-27-33(15-6)24-12-3/h10-28,35H2,1-9H3. The molecule has 0 aromatic heterocycles. The maximum absolute atomic E-state index is 6.45. The van der Waals surface area contributed by atoms with E-state index in [0.29, 0.717) is 5.41 Å². The predicted molar refractivity (Wildman–Crippen MR) is 162 cm³/mol. The molecular weight excluding hydrogens is 446 g/mol. The molecule has 0 atom stereocenters. The van der Waals surface area contributed by atoms with E-state index in [0.717, 1.165) is 0 Å². The van der Waals surface area contributed by atoms with Crippen LogP contribution < -0.4 is 0 Å². The van der Waals surface area contributed by atoms with Crippen LogP contribution in [0.3, 0.4) is 0 Å². The second-order valence-corrected chi connectivity index (χ2v) is 13.0. The summed E-state index contributed by atoms with van der Waals surface area (Å²) in [5, 5.41) is 0. The first kappa shape index (κ1) is 35.1. The van der Waals surface area contributed by atoms with Crippen LogP contribution in [0.4, 0.5) is 0 Å². The zero-order valence-corrected chi connectivity index (χ0v) is 27.3. The number of hydrogen-bond donors (Lipinski definition) is 0. The maximum atomic E-state index is 6.45. The van der Waals surface area contributed by atoms with E-state index in [1.54, 1.807) is 0 Å². The molecular formula is C30H67N3OSi. The lowest BCUT2D eigenvalue weighted by Gasteiger charge is -2.37. The Morgan fingerprint density at radius 2 is 0.886 bits per heavy atom. The van der Waals surface area contributed by atoms with Gasteiger partial charge in [-0.25, -0.2) is 0 Å². The fourth-order valence-corrected chi connectivity index (χ4v) is 7.49. The molecule has 35 heavy (non-hydrogen) atoms. The fraction of sp³-hybridized carbons (Fsp3) is 1.00. The highest BCUT2D eigenvalue weighted by atomic mass is 28.2. The number of nitrogens with zero attached hydrogens (tertiary/aromatic N) is 3. The molecule has 0 saturated carbocycles. The Labute approximate surface area is 224 Å². The van der Waals surface area contributed by atoms with E-state index in [2.05, 4.69) is 77.0 Å². The van der Waals surface area contributed by atoms with E-state index in [9.17, 15) is 0 Å². The van der Waals surface area contributed by atoms with Crippen molar-refractivity contribution < 1.29 is 4.43 Å². The van der Waals surface area contributed by atoms with E-state index in [-0.39, 0.29) is 5.60 Å². The normalized spacial score (nSPS) is 13.4. The Hall–Kier alpha value is 0.0569. The SMILES string of the molecule is CCCN(CC)CCCC(CCCN(CC)CCC)(CCCN(CC)CCC)C[SiH2]OC(C)(C)C. The zero-order chi connectivity index (χ0) is 26.6. The molecule has 0 radical (unpaired) electrons. The maximum Gasteiger partial charge on any atom is 0.162 e. The fourth-order valence-electron chi connectivity index (χ4n) is 5.59. The van der Waals surface area contributed by atoms with Crippen molar-refractivity contribution in [3.63, 3.8) is 0 Å². The Kier molecular flexibility index (Phi) is 21.1. The van der Waals surface area contributed by atoms with Gasteiger partial charge in [-0.15, -0.1) is 0 Å². The number of hydrogen-bond acceptors (Lipinski definition) is 4. The molecule has 0 aliphatic heterocycles. The molecule has 0 rings (SSSR count). The summed E-state index contributed by atoms with van der Waals surface area (Å²) >= 11 is 0. The Balaban J connectivity index is 5.42.